The number of benzene rings is 1. The third kappa shape index (κ3) is 4.30. The fourth-order valence-electron chi connectivity index (χ4n) is 2.30. The van der Waals surface area contributed by atoms with Gasteiger partial charge in [0.05, 0.1) is 18.2 Å². The molecule has 1 amide bonds. The Morgan fingerprint density at radius 2 is 1.90 bits per heavy atom. The summed E-state index contributed by atoms with van der Waals surface area (Å²) in [6.07, 6.45) is 1.72. The molecule has 2 aromatic rings. The summed E-state index contributed by atoms with van der Waals surface area (Å²) in [6, 6.07) is 13.1. The van der Waals surface area contributed by atoms with Gasteiger partial charge in [0, 0.05) is 11.2 Å². The van der Waals surface area contributed by atoms with E-state index in [0.717, 1.165) is 11.3 Å². The molecule has 1 aromatic carbocycles. The molecule has 110 valence electrons. The van der Waals surface area contributed by atoms with Crippen LogP contribution in [0.25, 0.3) is 0 Å². The summed E-state index contributed by atoms with van der Waals surface area (Å²) in [6.45, 7) is 4.52. The van der Waals surface area contributed by atoms with Crippen LogP contribution in [0.3, 0.4) is 0 Å². The zero-order chi connectivity index (χ0) is 15.2. The second-order valence-corrected chi connectivity index (χ2v) is 5.75. The minimum Gasteiger partial charge on any atom is -0.350 e. The summed E-state index contributed by atoms with van der Waals surface area (Å²) in [5, 5.41) is 3.64. The summed E-state index contributed by atoms with van der Waals surface area (Å²) in [5.41, 5.74) is 1.83. The minimum absolute atomic E-state index is 0.0120. The number of hydrogen-bond donors (Lipinski definition) is 1. The zero-order valence-corrected chi connectivity index (χ0v) is 13.0. The molecule has 0 aliphatic rings. The molecular weight excluding hydrogens is 284 g/mol. The lowest BCUT2D eigenvalue weighted by atomic mass is 9.87. The molecule has 0 saturated heterocycles. The molecule has 4 heteroatoms. The van der Waals surface area contributed by atoms with E-state index in [1.54, 1.807) is 6.20 Å². The molecule has 1 heterocycles. The number of amides is 1. The predicted molar refractivity (Wildman–Crippen MR) is 85.1 cm³/mol. The first-order valence-corrected chi connectivity index (χ1v) is 7.39. The molecule has 0 bridgehead atoms. The third-order valence-electron chi connectivity index (χ3n) is 3.35. The molecule has 1 atom stereocenters. The van der Waals surface area contributed by atoms with Crippen molar-refractivity contribution in [1.29, 1.82) is 0 Å². The number of hydrogen-bond acceptors (Lipinski definition) is 2. The van der Waals surface area contributed by atoms with Crippen LogP contribution in [0.5, 0.6) is 0 Å². The van der Waals surface area contributed by atoms with E-state index in [1.165, 1.54) is 0 Å². The number of carbonyl (C=O) groups excluding carboxylic acids is 1. The van der Waals surface area contributed by atoms with E-state index in [1.807, 2.05) is 56.3 Å². The Balaban J connectivity index is 2.07. The molecule has 0 spiro atoms. The van der Waals surface area contributed by atoms with Crippen molar-refractivity contribution in [1.82, 2.24) is 10.3 Å². The van der Waals surface area contributed by atoms with Gasteiger partial charge in [0.2, 0.25) is 5.91 Å². The second-order valence-electron chi connectivity index (χ2n) is 5.31. The van der Waals surface area contributed by atoms with Gasteiger partial charge in [0.15, 0.2) is 0 Å². The first-order chi connectivity index (χ1) is 10.1. The van der Waals surface area contributed by atoms with Crippen LogP contribution in [0.1, 0.15) is 31.0 Å². The molecule has 0 aliphatic carbocycles. The molecule has 2 rings (SSSR count). The normalized spacial score (nSPS) is 12.2. The van der Waals surface area contributed by atoms with Crippen molar-refractivity contribution in [3.05, 3.63) is 64.9 Å². The van der Waals surface area contributed by atoms with Crippen molar-refractivity contribution in [3.63, 3.8) is 0 Å². The Labute approximate surface area is 130 Å². The molecule has 1 aromatic heterocycles. The number of aromatic nitrogens is 1. The van der Waals surface area contributed by atoms with Crippen LogP contribution >= 0.6 is 11.6 Å². The van der Waals surface area contributed by atoms with Gasteiger partial charge in [-0.2, -0.15) is 0 Å². The lowest BCUT2D eigenvalue weighted by Gasteiger charge is -2.20. The Bertz CT molecular complexity index is 581. The van der Waals surface area contributed by atoms with Crippen molar-refractivity contribution in [3.8, 4) is 0 Å². The van der Waals surface area contributed by atoms with Gasteiger partial charge in [-0.15, -0.1) is 0 Å². The average molecular weight is 303 g/mol. The molecular formula is C17H19ClN2O. The number of nitrogens with one attached hydrogen (secondary N) is 1. The van der Waals surface area contributed by atoms with E-state index in [4.69, 9.17) is 11.6 Å². The number of pyridine rings is 1. The van der Waals surface area contributed by atoms with Crippen LogP contribution in [0.2, 0.25) is 5.02 Å². The van der Waals surface area contributed by atoms with Crippen LogP contribution < -0.4 is 5.32 Å². The SMILES string of the molecule is CC(C)[C@H](C(=O)NCc1ccccn1)c1ccc(Cl)cc1. The number of rotatable bonds is 5. The molecule has 0 aliphatic heterocycles. The molecule has 3 nitrogen and oxygen atoms in total. The van der Waals surface area contributed by atoms with Crippen LogP contribution in [0.4, 0.5) is 0 Å². The molecule has 0 saturated carbocycles. The van der Waals surface area contributed by atoms with Crippen LogP contribution in [0.15, 0.2) is 48.7 Å². The maximum atomic E-state index is 12.5. The van der Waals surface area contributed by atoms with Crippen LogP contribution in [-0.4, -0.2) is 10.9 Å². The zero-order valence-electron chi connectivity index (χ0n) is 12.2. The summed E-state index contributed by atoms with van der Waals surface area (Å²) in [7, 11) is 0. The molecule has 1 N–H and O–H groups in total. The van der Waals surface area contributed by atoms with E-state index in [2.05, 4.69) is 10.3 Å². The lowest BCUT2D eigenvalue weighted by Crippen LogP contribution is -2.31. The molecule has 21 heavy (non-hydrogen) atoms. The van der Waals surface area contributed by atoms with Crippen LogP contribution in [-0.2, 0) is 11.3 Å². The molecule has 0 radical (unpaired) electrons. The van der Waals surface area contributed by atoms with Gasteiger partial charge in [-0.3, -0.25) is 9.78 Å². The van der Waals surface area contributed by atoms with Crippen molar-refractivity contribution in [2.45, 2.75) is 26.3 Å². The number of halogens is 1. The van der Waals surface area contributed by atoms with Gasteiger partial charge in [-0.1, -0.05) is 43.6 Å². The predicted octanol–water partition coefficient (Wildman–Crippen LogP) is 3.79. The van der Waals surface area contributed by atoms with Crippen molar-refractivity contribution in [2.75, 3.05) is 0 Å². The van der Waals surface area contributed by atoms with Crippen molar-refractivity contribution in [2.24, 2.45) is 5.92 Å². The summed E-state index contributed by atoms with van der Waals surface area (Å²) >= 11 is 5.91. The van der Waals surface area contributed by atoms with Gasteiger partial charge < -0.3 is 5.32 Å². The van der Waals surface area contributed by atoms with Gasteiger partial charge >= 0.3 is 0 Å². The fraction of sp³-hybridized carbons (Fsp3) is 0.294. The second kappa shape index (κ2) is 7.23. The smallest absolute Gasteiger partial charge is 0.228 e. The Morgan fingerprint density at radius 3 is 2.48 bits per heavy atom. The maximum absolute atomic E-state index is 12.5. The Kier molecular flexibility index (Phi) is 5.34. The van der Waals surface area contributed by atoms with Gasteiger partial charge in [0.25, 0.3) is 0 Å². The van der Waals surface area contributed by atoms with Gasteiger partial charge in [-0.05, 0) is 35.7 Å². The van der Waals surface area contributed by atoms with Gasteiger partial charge in [0.1, 0.15) is 0 Å². The van der Waals surface area contributed by atoms with E-state index in [-0.39, 0.29) is 17.7 Å². The Hall–Kier alpha value is -1.87. The van der Waals surface area contributed by atoms with E-state index < -0.39 is 0 Å². The topological polar surface area (TPSA) is 42.0 Å². The Morgan fingerprint density at radius 1 is 1.19 bits per heavy atom. The molecule has 0 fully saturated rings. The highest BCUT2D eigenvalue weighted by Gasteiger charge is 2.23. The first-order valence-electron chi connectivity index (χ1n) is 7.01. The summed E-state index contributed by atoms with van der Waals surface area (Å²) in [4.78, 5) is 16.7. The first kappa shape index (κ1) is 15.5. The average Bonchev–Trinajstić information content (AvgIpc) is 2.48. The minimum atomic E-state index is -0.189. The van der Waals surface area contributed by atoms with Gasteiger partial charge in [-0.25, -0.2) is 0 Å². The molecule has 0 unspecified atom stereocenters. The van der Waals surface area contributed by atoms with Crippen molar-refractivity contribution < 1.29 is 4.79 Å². The number of nitrogens with zero attached hydrogens (tertiary/aromatic N) is 1. The summed E-state index contributed by atoms with van der Waals surface area (Å²) in [5.74, 6) is 0.0267. The highest BCUT2D eigenvalue weighted by molar-refractivity contribution is 6.30. The lowest BCUT2D eigenvalue weighted by molar-refractivity contribution is -0.123. The van der Waals surface area contributed by atoms with Crippen molar-refractivity contribution >= 4 is 17.5 Å². The maximum Gasteiger partial charge on any atom is 0.228 e. The van der Waals surface area contributed by atoms with E-state index in [9.17, 15) is 4.79 Å². The van der Waals surface area contributed by atoms with E-state index >= 15 is 0 Å². The highest BCUT2D eigenvalue weighted by atomic mass is 35.5. The number of carbonyl (C=O) groups is 1. The standard InChI is InChI=1S/C17H19ClN2O/c1-12(2)16(13-6-8-14(18)9-7-13)17(21)20-11-15-5-3-4-10-19-15/h3-10,12,16H,11H2,1-2H3,(H,20,21)/t16-/m0/s1. The fourth-order valence-corrected chi connectivity index (χ4v) is 2.43. The highest BCUT2D eigenvalue weighted by Crippen LogP contribution is 2.26. The third-order valence-corrected chi connectivity index (χ3v) is 3.60. The monoisotopic (exact) mass is 302 g/mol. The summed E-state index contributed by atoms with van der Waals surface area (Å²) < 4.78 is 0. The largest absolute Gasteiger partial charge is 0.350 e. The quantitative estimate of drug-likeness (QED) is 0.913. The van der Waals surface area contributed by atoms with Crippen LogP contribution in [0, 0.1) is 5.92 Å². The van der Waals surface area contributed by atoms with E-state index in [0.29, 0.717) is 11.6 Å².